The number of anilines is 2. The molecule has 1 unspecified atom stereocenters. The highest BCUT2D eigenvalue weighted by molar-refractivity contribution is 5.70. The van der Waals surface area contributed by atoms with Gasteiger partial charge in [0.05, 0.1) is 30.6 Å². The maximum Gasteiger partial charge on any atom is 0.0726 e. The van der Waals surface area contributed by atoms with Crippen LogP contribution in [0.4, 0.5) is 11.4 Å². The van der Waals surface area contributed by atoms with Crippen LogP contribution in [0.1, 0.15) is 5.56 Å². The highest BCUT2D eigenvalue weighted by Crippen LogP contribution is 2.23. The molecule has 1 atom stereocenters. The minimum absolute atomic E-state index is 0.0155. The first-order chi connectivity index (χ1) is 7.19. The first-order valence-electron chi connectivity index (χ1n) is 4.90. The number of rotatable bonds is 5. The second-order valence-corrected chi connectivity index (χ2v) is 3.52. The standard InChI is InChI=1S/C11H18N2O2/c1-8-4-3-5-10(12)11(8)13-9(6-14)7-15-2/h3-5,9,13-14H,6-7,12H2,1-2H3. The number of benzene rings is 1. The number of aliphatic hydroxyl groups excluding tert-OH is 1. The Morgan fingerprint density at radius 2 is 2.27 bits per heavy atom. The molecule has 1 aromatic carbocycles. The summed E-state index contributed by atoms with van der Waals surface area (Å²) in [6, 6.07) is 5.58. The van der Waals surface area contributed by atoms with E-state index in [0.717, 1.165) is 11.3 Å². The summed E-state index contributed by atoms with van der Waals surface area (Å²) in [4.78, 5) is 0. The highest BCUT2D eigenvalue weighted by Gasteiger charge is 2.09. The van der Waals surface area contributed by atoms with Crippen molar-refractivity contribution in [2.75, 3.05) is 31.4 Å². The number of hydrogen-bond donors (Lipinski definition) is 3. The second-order valence-electron chi connectivity index (χ2n) is 3.52. The van der Waals surface area contributed by atoms with Crippen LogP contribution in [0.15, 0.2) is 18.2 Å². The number of nitrogens with one attached hydrogen (secondary N) is 1. The van der Waals surface area contributed by atoms with E-state index >= 15 is 0 Å². The summed E-state index contributed by atoms with van der Waals surface area (Å²) in [7, 11) is 1.60. The van der Waals surface area contributed by atoms with Gasteiger partial charge in [-0.1, -0.05) is 12.1 Å². The molecule has 0 amide bonds. The monoisotopic (exact) mass is 210 g/mol. The molecule has 0 aliphatic carbocycles. The topological polar surface area (TPSA) is 67.5 Å². The average Bonchev–Trinajstić information content (AvgIpc) is 2.22. The van der Waals surface area contributed by atoms with Crippen LogP contribution in [0.5, 0.6) is 0 Å². The number of methoxy groups -OCH3 is 1. The molecule has 0 spiro atoms. The summed E-state index contributed by atoms with van der Waals surface area (Å²) in [6.45, 7) is 2.44. The van der Waals surface area contributed by atoms with E-state index in [2.05, 4.69) is 5.32 Å². The number of para-hydroxylation sites is 1. The smallest absolute Gasteiger partial charge is 0.0726 e. The van der Waals surface area contributed by atoms with E-state index in [-0.39, 0.29) is 12.6 Å². The lowest BCUT2D eigenvalue weighted by molar-refractivity contribution is 0.153. The van der Waals surface area contributed by atoms with Gasteiger partial charge in [0.2, 0.25) is 0 Å². The molecule has 0 radical (unpaired) electrons. The van der Waals surface area contributed by atoms with Gasteiger partial charge in [-0.2, -0.15) is 0 Å². The van der Waals surface area contributed by atoms with Crippen LogP contribution in [0.25, 0.3) is 0 Å². The molecule has 4 heteroatoms. The predicted molar refractivity (Wildman–Crippen MR) is 62.0 cm³/mol. The second kappa shape index (κ2) is 5.58. The van der Waals surface area contributed by atoms with Crippen molar-refractivity contribution in [3.8, 4) is 0 Å². The van der Waals surface area contributed by atoms with Crippen LogP contribution in [-0.2, 0) is 4.74 Å². The number of hydrogen-bond acceptors (Lipinski definition) is 4. The van der Waals surface area contributed by atoms with Crippen LogP contribution in [0.2, 0.25) is 0 Å². The van der Waals surface area contributed by atoms with Gasteiger partial charge in [-0.15, -0.1) is 0 Å². The molecule has 0 aliphatic heterocycles. The third-order valence-corrected chi connectivity index (χ3v) is 2.24. The summed E-state index contributed by atoms with van der Waals surface area (Å²) in [5.41, 5.74) is 8.45. The van der Waals surface area contributed by atoms with E-state index in [1.807, 2.05) is 25.1 Å². The van der Waals surface area contributed by atoms with Gasteiger partial charge in [-0.05, 0) is 18.6 Å². The zero-order chi connectivity index (χ0) is 11.3. The third kappa shape index (κ3) is 3.11. The van der Waals surface area contributed by atoms with Crippen LogP contribution >= 0.6 is 0 Å². The van der Waals surface area contributed by atoms with Gasteiger partial charge in [-0.3, -0.25) is 0 Å². The van der Waals surface area contributed by atoms with Gasteiger partial charge in [0, 0.05) is 7.11 Å². The zero-order valence-corrected chi connectivity index (χ0v) is 9.16. The van der Waals surface area contributed by atoms with Gasteiger partial charge >= 0.3 is 0 Å². The van der Waals surface area contributed by atoms with Crippen molar-refractivity contribution in [2.45, 2.75) is 13.0 Å². The largest absolute Gasteiger partial charge is 0.397 e. The van der Waals surface area contributed by atoms with E-state index in [9.17, 15) is 0 Å². The summed E-state index contributed by atoms with van der Waals surface area (Å²) in [6.07, 6.45) is 0. The minimum Gasteiger partial charge on any atom is -0.397 e. The Kier molecular flexibility index (Phi) is 4.39. The molecule has 0 heterocycles. The Bertz CT molecular complexity index is 295. The fourth-order valence-electron chi connectivity index (χ4n) is 1.43. The van der Waals surface area contributed by atoms with Crippen molar-refractivity contribution in [3.05, 3.63) is 23.8 Å². The molecular formula is C11H18N2O2. The first-order valence-corrected chi connectivity index (χ1v) is 4.90. The Hall–Kier alpha value is -1.26. The highest BCUT2D eigenvalue weighted by atomic mass is 16.5. The van der Waals surface area contributed by atoms with Gasteiger partial charge in [0.1, 0.15) is 0 Å². The predicted octanol–water partition coefficient (Wildman–Crippen LogP) is 0.996. The lowest BCUT2D eigenvalue weighted by Gasteiger charge is -2.19. The van der Waals surface area contributed by atoms with Crippen molar-refractivity contribution in [2.24, 2.45) is 0 Å². The fourth-order valence-corrected chi connectivity index (χ4v) is 1.43. The summed E-state index contributed by atoms with van der Waals surface area (Å²) in [5.74, 6) is 0. The first kappa shape index (κ1) is 11.8. The van der Waals surface area contributed by atoms with E-state index < -0.39 is 0 Å². The number of aliphatic hydroxyl groups is 1. The lowest BCUT2D eigenvalue weighted by atomic mass is 10.1. The Labute approximate surface area is 90.1 Å². The molecule has 0 aromatic heterocycles. The third-order valence-electron chi connectivity index (χ3n) is 2.24. The maximum absolute atomic E-state index is 9.12. The SMILES string of the molecule is COCC(CO)Nc1c(C)cccc1N. The number of ether oxygens (including phenoxy) is 1. The molecule has 0 saturated carbocycles. The molecule has 4 N–H and O–H groups in total. The molecule has 0 aliphatic rings. The quantitative estimate of drug-likeness (QED) is 0.634. The number of nitrogen functional groups attached to an aromatic ring is 1. The molecule has 84 valence electrons. The number of nitrogens with two attached hydrogens (primary N) is 1. The number of aryl methyl sites for hydroxylation is 1. The van der Waals surface area contributed by atoms with Crippen molar-refractivity contribution in [1.82, 2.24) is 0 Å². The van der Waals surface area contributed by atoms with Crippen LogP contribution in [-0.4, -0.2) is 31.5 Å². The van der Waals surface area contributed by atoms with Crippen LogP contribution < -0.4 is 11.1 Å². The molecule has 0 bridgehead atoms. The molecule has 4 nitrogen and oxygen atoms in total. The summed E-state index contributed by atoms with van der Waals surface area (Å²) in [5, 5.41) is 12.3. The van der Waals surface area contributed by atoms with E-state index in [1.54, 1.807) is 7.11 Å². The van der Waals surface area contributed by atoms with Crippen molar-refractivity contribution in [1.29, 1.82) is 0 Å². The minimum atomic E-state index is -0.126. The van der Waals surface area contributed by atoms with E-state index in [1.165, 1.54) is 0 Å². The Balaban J connectivity index is 2.78. The molecule has 0 fully saturated rings. The van der Waals surface area contributed by atoms with Gasteiger partial charge < -0.3 is 20.9 Å². The van der Waals surface area contributed by atoms with Crippen molar-refractivity contribution in [3.63, 3.8) is 0 Å². The van der Waals surface area contributed by atoms with Gasteiger partial charge in [0.15, 0.2) is 0 Å². The van der Waals surface area contributed by atoms with Crippen LogP contribution in [0, 0.1) is 6.92 Å². The zero-order valence-electron chi connectivity index (χ0n) is 9.16. The summed E-state index contributed by atoms with van der Waals surface area (Å²) < 4.78 is 4.98. The van der Waals surface area contributed by atoms with Gasteiger partial charge in [-0.25, -0.2) is 0 Å². The fraction of sp³-hybridized carbons (Fsp3) is 0.455. The van der Waals surface area contributed by atoms with E-state index in [4.69, 9.17) is 15.6 Å². The Morgan fingerprint density at radius 1 is 1.53 bits per heavy atom. The van der Waals surface area contributed by atoms with Crippen molar-refractivity contribution < 1.29 is 9.84 Å². The lowest BCUT2D eigenvalue weighted by Crippen LogP contribution is -2.29. The van der Waals surface area contributed by atoms with Crippen LogP contribution in [0.3, 0.4) is 0 Å². The molecule has 1 aromatic rings. The Morgan fingerprint density at radius 3 is 2.80 bits per heavy atom. The maximum atomic E-state index is 9.12. The molecular weight excluding hydrogens is 192 g/mol. The molecule has 15 heavy (non-hydrogen) atoms. The normalized spacial score (nSPS) is 12.5. The van der Waals surface area contributed by atoms with Gasteiger partial charge in [0.25, 0.3) is 0 Å². The summed E-state index contributed by atoms with van der Waals surface area (Å²) >= 11 is 0. The van der Waals surface area contributed by atoms with Crippen molar-refractivity contribution >= 4 is 11.4 Å². The molecule has 1 rings (SSSR count). The molecule has 0 saturated heterocycles. The van der Waals surface area contributed by atoms with E-state index in [0.29, 0.717) is 12.3 Å². The average molecular weight is 210 g/mol.